The highest BCUT2D eigenvalue weighted by Gasteiger charge is 2.26. The maximum atomic E-state index is 5.01. The molecule has 0 bridgehead atoms. The van der Waals surface area contributed by atoms with E-state index in [0.29, 0.717) is 5.92 Å². The van der Waals surface area contributed by atoms with Gasteiger partial charge < -0.3 is 9.47 Å². The molecule has 0 spiro atoms. The number of hydrogen-bond acceptors (Lipinski definition) is 2. The van der Waals surface area contributed by atoms with Gasteiger partial charge in [-0.2, -0.15) is 0 Å². The Morgan fingerprint density at radius 3 is 2.97 bits per heavy atom. The molecular weight excluding hydrogens is 354 g/mol. The van der Waals surface area contributed by atoms with Crippen molar-refractivity contribution in [3.05, 3.63) is 83.3 Å². The lowest BCUT2D eigenvalue weighted by Crippen LogP contribution is -2.20. The van der Waals surface area contributed by atoms with E-state index in [1.54, 1.807) is 0 Å². The van der Waals surface area contributed by atoms with Gasteiger partial charge in [0.1, 0.15) is 0 Å². The average Bonchev–Trinajstić information content (AvgIpc) is 3.10. The van der Waals surface area contributed by atoms with Gasteiger partial charge in [0.05, 0.1) is 17.1 Å². The van der Waals surface area contributed by atoms with Crippen LogP contribution in [0.2, 0.25) is 0 Å². The summed E-state index contributed by atoms with van der Waals surface area (Å²) in [6.45, 7) is 2.13. The molecule has 148 valence electrons. The van der Waals surface area contributed by atoms with Gasteiger partial charge in [-0.1, -0.05) is 42.5 Å². The van der Waals surface area contributed by atoms with E-state index in [-0.39, 0.29) is 0 Å². The average molecular weight is 384 g/mol. The van der Waals surface area contributed by atoms with E-state index < -0.39 is 0 Å². The zero-order valence-electron chi connectivity index (χ0n) is 17.2. The van der Waals surface area contributed by atoms with Crippen LogP contribution in [0, 0.1) is 5.92 Å². The molecule has 29 heavy (non-hydrogen) atoms. The quantitative estimate of drug-likeness (QED) is 0.640. The summed E-state index contributed by atoms with van der Waals surface area (Å²) in [7, 11) is 2.22. The first-order valence-corrected chi connectivity index (χ1v) is 10.9. The molecule has 2 aromatic rings. The van der Waals surface area contributed by atoms with Crippen molar-refractivity contribution in [2.45, 2.75) is 38.6 Å². The predicted molar refractivity (Wildman–Crippen MR) is 122 cm³/mol. The van der Waals surface area contributed by atoms with Crippen LogP contribution < -0.4 is 0 Å². The number of allylic oxidation sites excluding steroid dienone is 6. The first-order valence-electron chi connectivity index (χ1n) is 10.9. The van der Waals surface area contributed by atoms with Crippen molar-refractivity contribution >= 4 is 17.5 Å². The molecule has 1 aliphatic heterocycles. The molecule has 1 aromatic carbocycles. The van der Waals surface area contributed by atoms with Crippen molar-refractivity contribution < 1.29 is 0 Å². The van der Waals surface area contributed by atoms with Crippen molar-refractivity contribution in [2.75, 3.05) is 13.6 Å². The molecule has 3 nitrogen and oxygen atoms in total. The lowest BCUT2D eigenvalue weighted by atomic mass is 9.90. The number of nitrogens with zero attached hydrogens (tertiary/aromatic N) is 3. The highest BCUT2D eigenvalue weighted by Crippen LogP contribution is 2.38. The van der Waals surface area contributed by atoms with E-state index in [2.05, 4.69) is 83.6 Å². The monoisotopic (exact) mass is 383 g/mol. The van der Waals surface area contributed by atoms with Crippen LogP contribution in [0.3, 0.4) is 0 Å². The van der Waals surface area contributed by atoms with E-state index in [4.69, 9.17) is 4.99 Å². The predicted octanol–water partition coefficient (Wildman–Crippen LogP) is 5.56. The molecule has 5 rings (SSSR count). The Morgan fingerprint density at radius 1 is 1.17 bits per heavy atom. The molecule has 3 heteroatoms. The van der Waals surface area contributed by atoms with E-state index >= 15 is 0 Å². The zero-order valence-corrected chi connectivity index (χ0v) is 17.2. The van der Waals surface area contributed by atoms with Gasteiger partial charge in [0.15, 0.2) is 0 Å². The van der Waals surface area contributed by atoms with Gasteiger partial charge in [0.25, 0.3) is 0 Å². The summed E-state index contributed by atoms with van der Waals surface area (Å²) in [5.74, 6) is 0.509. The SMILES string of the molecule is CN(CCCC1CC=CC2=C1N=CC1=CCCc3ccn2c31)Cc1ccccc1. The van der Waals surface area contributed by atoms with Crippen LogP contribution in [-0.4, -0.2) is 29.3 Å². The van der Waals surface area contributed by atoms with E-state index in [1.807, 2.05) is 0 Å². The summed E-state index contributed by atoms with van der Waals surface area (Å²) < 4.78 is 2.38. The van der Waals surface area contributed by atoms with Crippen LogP contribution in [0.1, 0.15) is 42.5 Å². The third-order valence-corrected chi connectivity index (χ3v) is 6.36. The molecular formula is C26H29N3. The maximum absolute atomic E-state index is 5.01. The minimum absolute atomic E-state index is 0.509. The largest absolute Gasteiger partial charge is 0.314 e. The van der Waals surface area contributed by atoms with Crippen LogP contribution in [0.15, 0.2) is 71.5 Å². The smallest absolute Gasteiger partial charge is 0.0677 e. The van der Waals surface area contributed by atoms with Crippen molar-refractivity contribution in [3.63, 3.8) is 0 Å². The van der Waals surface area contributed by atoms with E-state index in [9.17, 15) is 0 Å². The maximum Gasteiger partial charge on any atom is 0.0677 e. The fraction of sp³-hybridized carbons (Fsp3) is 0.346. The number of aliphatic imine (C=N–C) groups is 1. The van der Waals surface area contributed by atoms with Gasteiger partial charge in [0, 0.05) is 30.4 Å². The molecule has 0 saturated heterocycles. The fourth-order valence-electron chi connectivity index (χ4n) is 4.89. The Bertz CT molecular complexity index is 1000. The zero-order chi connectivity index (χ0) is 19.6. The number of benzene rings is 1. The number of aryl methyl sites for hydroxylation is 1. The highest BCUT2D eigenvalue weighted by molar-refractivity contribution is 6.12. The molecule has 2 aliphatic carbocycles. The second kappa shape index (κ2) is 8.00. The lowest BCUT2D eigenvalue weighted by molar-refractivity contribution is 0.310. The summed E-state index contributed by atoms with van der Waals surface area (Å²) in [6.07, 6.45) is 17.1. The Balaban J connectivity index is 1.29. The number of hydrogen-bond donors (Lipinski definition) is 0. The third-order valence-electron chi connectivity index (χ3n) is 6.36. The van der Waals surface area contributed by atoms with Crippen molar-refractivity contribution in [1.82, 2.24) is 9.47 Å². The van der Waals surface area contributed by atoms with Crippen LogP contribution in [0.25, 0.3) is 11.3 Å². The highest BCUT2D eigenvalue weighted by atomic mass is 15.1. The molecule has 1 unspecified atom stereocenters. The normalized spacial score (nSPS) is 19.8. The first-order chi connectivity index (χ1) is 14.3. The molecule has 0 amide bonds. The first kappa shape index (κ1) is 18.4. The summed E-state index contributed by atoms with van der Waals surface area (Å²) in [6, 6.07) is 13.0. The Hall–Kier alpha value is -2.65. The van der Waals surface area contributed by atoms with Gasteiger partial charge in [-0.3, -0.25) is 4.99 Å². The van der Waals surface area contributed by atoms with Crippen LogP contribution in [-0.2, 0) is 13.0 Å². The molecule has 1 aromatic heterocycles. The van der Waals surface area contributed by atoms with Gasteiger partial charge in [-0.25, -0.2) is 0 Å². The summed E-state index contributed by atoms with van der Waals surface area (Å²) in [4.78, 5) is 7.44. The Kier molecular flexibility index (Phi) is 5.07. The number of aromatic nitrogens is 1. The second-order valence-electron chi connectivity index (χ2n) is 8.49. The second-order valence-corrected chi connectivity index (χ2v) is 8.49. The van der Waals surface area contributed by atoms with Crippen LogP contribution in [0.5, 0.6) is 0 Å². The molecule has 3 aliphatic rings. The Morgan fingerprint density at radius 2 is 2.07 bits per heavy atom. The minimum atomic E-state index is 0.509. The lowest BCUT2D eigenvalue weighted by Gasteiger charge is -2.24. The number of fused-ring (bicyclic) bond motifs is 1. The topological polar surface area (TPSA) is 20.5 Å². The number of rotatable bonds is 6. The van der Waals surface area contributed by atoms with Gasteiger partial charge >= 0.3 is 0 Å². The van der Waals surface area contributed by atoms with Crippen molar-refractivity contribution in [3.8, 4) is 0 Å². The van der Waals surface area contributed by atoms with Crippen molar-refractivity contribution in [1.29, 1.82) is 0 Å². The molecule has 0 radical (unpaired) electrons. The third kappa shape index (κ3) is 3.67. The van der Waals surface area contributed by atoms with Gasteiger partial charge in [-0.15, -0.1) is 0 Å². The molecule has 1 atom stereocenters. The van der Waals surface area contributed by atoms with Crippen LogP contribution >= 0.6 is 0 Å². The fourth-order valence-corrected chi connectivity index (χ4v) is 4.89. The summed E-state index contributed by atoms with van der Waals surface area (Å²) >= 11 is 0. The summed E-state index contributed by atoms with van der Waals surface area (Å²) in [5, 5.41) is 0. The van der Waals surface area contributed by atoms with Crippen molar-refractivity contribution in [2.24, 2.45) is 10.9 Å². The van der Waals surface area contributed by atoms with E-state index in [1.165, 1.54) is 46.6 Å². The minimum Gasteiger partial charge on any atom is -0.314 e. The van der Waals surface area contributed by atoms with Crippen LogP contribution in [0.4, 0.5) is 0 Å². The Labute approximate surface area is 173 Å². The standard InChI is InChI=1S/C26H29N3/c1-28(19-20-8-3-2-4-9-20)16-7-13-21-10-6-14-24-25(21)27-18-23-12-5-11-22-15-17-29(24)26(22)23/h2-4,6,8-9,12,14-15,17-18,21H,5,7,10-11,13,16,19H2,1H3. The molecule has 0 saturated carbocycles. The molecule has 0 fully saturated rings. The summed E-state index contributed by atoms with van der Waals surface area (Å²) in [5.41, 5.74) is 8.04. The molecule has 2 heterocycles. The van der Waals surface area contributed by atoms with E-state index in [0.717, 1.165) is 32.4 Å². The van der Waals surface area contributed by atoms with Gasteiger partial charge in [0.2, 0.25) is 0 Å². The molecule has 0 N–H and O–H groups in total. The van der Waals surface area contributed by atoms with Gasteiger partial charge in [-0.05, 0) is 69.0 Å².